The Morgan fingerprint density at radius 2 is 1.91 bits per heavy atom. The lowest BCUT2D eigenvalue weighted by molar-refractivity contribution is -0.114. The predicted octanol–water partition coefficient (Wildman–Crippen LogP) is 5.45. The number of anilines is 1. The van der Waals surface area contributed by atoms with Crippen LogP contribution in [0.1, 0.15) is 6.92 Å². The standard InChI is InChI=1S/C23H15F2N5OS/c1-13(31)29-17-6-14(19-3-2-16(24)9-20(19)25)7-18(10-17)30-12-28-21-8-15(11-27-22(21)30)23-26-4-5-32-23/h2-12H,1H3,(H,29,31). The fraction of sp³-hybridized carbons (Fsp3) is 0.0435. The minimum absolute atomic E-state index is 0.211. The average molecular weight is 447 g/mol. The number of hydrogen-bond acceptors (Lipinski definition) is 5. The van der Waals surface area contributed by atoms with Gasteiger partial charge in [0.2, 0.25) is 5.91 Å². The third-order valence-corrected chi connectivity index (χ3v) is 5.65. The monoisotopic (exact) mass is 447 g/mol. The third kappa shape index (κ3) is 3.74. The van der Waals surface area contributed by atoms with Gasteiger partial charge in [-0.2, -0.15) is 0 Å². The summed E-state index contributed by atoms with van der Waals surface area (Å²) in [4.78, 5) is 25.0. The number of carbonyl (C=O) groups is 1. The van der Waals surface area contributed by atoms with E-state index in [4.69, 9.17) is 0 Å². The van der Waals surface area contributed by atoms with Gasteiger partial charge in [0, 0.05) is 47.6 Å². The molecule has 0 bridgehead atoms. The lowest BCUT2D eigenvalue weighted by Gasteiger charge is -2.12. The average Bonchev–Trinajstić information content (AvgIpc) is 3.42. The molecule has 3 heterocycles. The Labute approximate surface area is 185 Å². The molecular formula is C23H15F2N5OS. The molecule has 0 aliphatic heterocycles. The second-order valence-electron chi connectivity index (χ2n) is 7.09. The highest BCUT2D eigenvalue weighted by molar-refractivity contribution is 7.13. The zero-order valence-electron chi connectivity index (χ0n) is 16.7. The van der Waals surface area contributed by atoms with Crippen LogP contribution in [0.15, 0.2) is 66.6 Å². The van der Waals surface area contributed by atoms with E-state index in [1.54, 1.807) is 41.5 Å². The topological polar surface area (TPSA) is 72.7 Å². The van der Waals surface area contributed by atoms with E-state index in [0.717, 1.165) is 16.6 Å². The molecule has 0 fully saturated rings. The maximum Gasteiger partial charge on any atom is 0.221 e. The summed E-state index contributed by atoms with van der Waals surface area (Å²) in [5.74, 6) is -1.63. The third-order valence-electron chi connectivity index (χ3n) is 4.83. The van der Waals surface area contributed by atoms with Gasteiger partial charge in [-0.25, -0.2) is 23.7 Å². The van der Waals surface area contributed by atoms with Crippen LogP contribution in [0.2, 0.25) is 0 Å². The Morgan fingerprint density at radius 1 is 1.03 bits per heavy atom. The summed E-state index contributed by atoms with van der Waals surface area (Å²) in [6.07, 6.45) is 5.06. The molecule has 0 saturated heterocycles. The van der Waals surface area contributed by atoms with Crippen molar-refractivity contribution >= 4 is 34.1 Å². The lowest BCUT2D eigenvalue weighted by Crippen LogP contribution is -2.07. The van der Waals surface area contributed by atoms with Crippen molar-refractivity contribution in [1.29, 1.82) is 0 Å². The quantitative estimate of drug-likeness (QED) is 0.398. The molecule has 5 aromatic rings. The first-order valence-corrected chi connectivity index (χ1v) is 10.5. The normalized spacial score (nSPS) is 11.1. The number of rotatable bonds is 4. The van der Waals surface area contributed by atoms with Crippen LogP contribution in [0, 0.1) is 11.6 Å². The summed E-state index contributed by atoms with van der Waals surface area (Å²) >= 11 is 1.51. The van der Waals surface area contributed by atoms with Crippen LogP contribution in [0.5, 0.6) is 0 Å². The summed E-state index contributed by atoms with van der Waals surface area (Å²) in [5.41, 5.74) is 3.89. The number of thiazole rings is 1. The van der Waals surface area contributed by atoms with E-state index in [2.05, 4.69) is 20.3 Å². The highest BCUT2D eigenvalue weighted by atomic mass is 32.1. The molecule has 1 amide bonds. The van der Waals surface area contributed by atoms with Crippen molar-refractivity contribution in [3.8, 4) is 27.4 Å². The lowest BCUT2D eigenvalue weighted by atomic mass is 10.0. The fourth-order valence-electron chi connectivity index (χ4n) is 3.48. The van der Waals surface area contributed by atoms with Crippen LogP contribution in [0.4, 0.5) is 14.5 Å². The summed E-state index contributed by atoms with van der Waals surface area (Å²) in [7, 11) is 0. The van der Waals surface area contributed by atoms with Crippen molar-refractivity contribution in [3.63, 3.8) is 0 Å². The SMILES string of the molecule is CC(=O)Nc1cc(-c2ccc(F)cc2F)cc(-n2cnc3cc(-c4nccs4)cnc32)c1. The number of benzene rings is 2. The van der Waals surface area contributed by atoms with E-state index in [1.165, 1.54) is 30.4 Å². The van der Waals surface area contributed by atoms with E-state index in [0.29, 0.717) is 28.1 Å². The van der Waals surface area contributed by atoms with Gasteiger partial charge in [0.25, 0.3) is 0 Å². The van der Waals surface area contributed by atoms with Gasteiger partial charge in [0.1, 0.15) is 28.5 Å². The number of nitrogens with zero attached hydrogens (tertiary/aromatic N) is 4. The first-order chi connectivity index (χ1) is 15.5. The summed E-state index contributed by atoms with van der Waals surface area (Å²) in [6.45, 7) is 1.39. The van der Waals surface area contributed by atoms with Gasteiger partial charge in [0.15, 0.2) is 5.65 Å². The van der Waals surface area contributed by atoms with E-state index in [1.807, 2.05) is 11.4 Å². The van der Waals surface area contributed by atoms with E-state index < -0.39 is 11.6 Å². The molecule has 0 spiro atoms. The van der Waals surface area contributed by atoms with Crippen LogP contribution in [-0.4, -0.2) is 25.4 Å². The molecular weight excluding hydrogens is 432 g/mol. The zero-order chi connectivity index (χ0) is 22.2. The maximum atomic E-state index is 14.5. The number of imidazole rings is 1. The molecule has 5 rings (SSSR count). The molecule has 2 aromatic carbocycles. The van der Waals surface area contributed by atoms with Crippen molar-refractivity contribution in [1.82, 2.24) is 19.5 Å². The molecule has 6 nitrogen and oxygen atoms in total. The van der Waals surface area contributed by atoms with Crippen LogP contribution >= 0.6 is 11.3 Å². The molecule has 0 aliphatic rings. The number of carbonyl (C=O) groups excluding carboxylic acids is 1. The van der Waals surface area contributed by atoms with Crippen LogP contribution < -0.4 is 5.32 Å². The minimum Gasteiger partial charge on any atom is -0.326 e. The molecule has 0 atom stereocenters. The maximum absolute atomic E-state index is 14.5. The van der Waals surface area contributed by atoms with Crippen molar-refractivity contribution in [3.05, 3.63) is 78.2 Å². The highest BCUT2D eigenvalue weighted by Gasteiger charge is 2.14. The Bertz CT molecular complexity index is 1460. The number of amides is 1. The molecule has 0 saturated carbocycles. The van der Waals surface area contributed by atoms with Crippen molar-refractivity contribution in [2.24, 2.45) is 0 Å². The number of nitrogens with one attached hydrogen (secondary N) is 1. The van der Waals surface area contributed by atoms with Crippen LogP contribution in [0.25, 0.3) is 38.5 Å². The van der Waals surface area contributed by atoms with Crippen molar-refractivity contribution < 1.29 is 13.6 Å². The smallest absolute Gasteiger partial charge is 0.221 e. The number of hydrogen-bond donors (Lipinski definition) is 1. The van der Waals surface area contributed by atoms with Gasteiger partial charge in [-0.05, 0) is 42.0 Å². The molecule has 3 aromatic heterocycles. The first-order valence-electron chi connectivity index (χ1n) is 9.59. The van der Waals surface area contributed by atoms with E-state index >= 15 is 0 Å². The summed E-state index contributed by atoms with van der Waals surface area (Å²) < 4.78 is 29.6. The van der Waals surface area contributed by atoms with Gasteiger partial charge < -0.3 is 5.32 Å². The number of aromatic nitrogens is 4. The molecule has 9 heteroatoms. The Morgan fingerprint density at radius 3 is 2.66 bits per heavy atom. The van der Waals surface area contributed by atoms with Gasteiger partial charge in [-0.15, -0.1) is 11.3 Å². The molecule has 1 N–H and O–H groups in total. The minimum atomic E-state index is -0.697. The Kier molecular flexibility index (Phi) is 4.95. The Balaban J connectivity index is 1.65. The van der Waals surface area contributed by atoms with Gasteiger partial charge >= 0.3 is 0 Å². The largest absolute Gasteiger partial charge is 0.326 e. The molecule has 0 unspecified atom stereocenters. The van der Waals surface area contributed by atoms with Gasteiger partial charge in [0.05, 0.1) is 5.69 Å². The second-order valence-corrected chi connectivity index (χ2v) is 7.99. The van der Waals surface area contributed by atoms with Crippen molar-refractivity contribution in [2.75, 3.05) is 5.32 Å². The predicted molar refractivity (Wildman–Crippen MR) is 120 cm³/mol. The van der Waals surface area contributed by atoms with E-state index in [-0.39, 0.29) is 11.5 Å². The van der Waals surface area contributed by atoms with E-state index in [9.17, 15) is 13.6 Å². The molecule has 0 radical (unpaired) electrons. The fourth-order valence-corrected chi connectivity index (χ4v) is 4.10. The number of pyridine rings is 1. The number of fused-ring (bicyclic) bond motifs is 1. The highest BCUT2D eigenvalue weighted by Crippen LogP contribution is 2.31. The van der Waals surface area contributed by atoms with Gasteiger partial charge in [-0.3, -0.25) is 9.36 Å². The molecule has 0 aliphatic carbocycles. The van der Waals surface area contributed by atoms with Crippen molar-refractivity contribution in [2.45, 2.75) is 6.92 Å². The second kappa shape index (κ2) is 7.93. The number of halogens is 2. The van der Waals surface area contributed by atoms with Gasteiger partial charge in [-0.1, -0.05) is 0 Å². The first kappa shape index (κ1) is 20.0. The Hall–Kier alpha value is -3.98. The zero-order valence-corrected chi connectivity index (χ0v) is 17.5. The van der Waals surface area contributed by atoms with Crippen LogP contribution in [0.3, 0.4) is 0 Å². The molecule has 32 heavy (non-hydrogen) atoms. The molecule has 158 valence electrons. The summed E-state index contributed by atoms with van der Waals surface area (Å²) in [6, 6.07) is 10.4. The summed E-state index contributed by atoms with van der Waals surface area (Å²) in [5, 5.41) is 5.46. The van der Waals surface area contributed by atoms with Crippen LogP contribution in [-0.2, 0) is 4.79 Å².